The number of hydrogen-bond donors (Lipinski definition) is 2. The molecular weight excluding hydrogens is 350 g/mol. The zero-order valence-electron chi connectivity index (χ0n) is 15.6. The molecule has 8 heteroatoms. The van der Waals surface area contributed by atoms with Gasteiger partial charge in [-0.25, -0.2) is 0 Å². The number of nitro benzene ring substituents is 1. The van der Waals surface area contributed by atoms with Gasteiger partial charge < -0.3 is 19.7 Å². The first-order valence-electron chi connectivity index (χ1n) is 8.56. The number of nitrogens with one attached hydrogen (secondary N) is 2. The average molecular weight is 374 g/mol. The second-order valence-corrected chi connectivity index (χ2v) is 6.11. The number of nitro groups is 1. The lowest BCUT2D eigenvalue weighted by Gasteiger charge is -2.21. The van der Waals surface area contributed by atoms with E-state index < -0.39 is 4.92 Å². The van der Waals surface area contributed by atoms with E-state index in [1.54, 1.807) is 6.92 Å². The molecule has 1 unspecified atom stereocenters. The van der Waals surface area contributed by atoms with Gasteiger partial charge in [0.05, 0.1) is 24.8 Å². The summed E-state index contributed by atoms with van der Waals surface area (Å²) in [5.41, 5.74) is 0.160. The minimum atomic E-state index is -0.517. The van der Waals surface area contributed by atoms with Crippen LogP contribution in [0.3, 0.4) is 0 Å². The van der Waals surface area contributed by atoms with Crippen molar-refractivity contribution in [1.82, 2.24) is 0 Å². The van der Waals surface area contributed by atoms with Gasteiger partial charge in [-0.3, -0.25) is 14.9 Å². The molecule has 0 aliphatic heterocycles. The smallest absolute Gasteiger partial charge is 0.282 e. The predicted molar refractivity (Wildman–Crippen MR) is 101 cm³/mol. The van der Waals surface area contributed by atoms with Crippen molar-refractivity contribution in [3.8, 4) is 11.5 Å². The monoisotopic (exact) mass is 374 g/mol. The molecule has 2 aromatic rings. The first-order valence-corrected chi connectivity index (χ1v) is 8.56. The van der Waals surface area contributed by atoms with Gasteiger partial charge in [0.1, 0.15) is 24.7 Å². The molecule has 2 rings (SSSR count). The minimum Gasteiger partial charge on any atom is -0.495 e. The number of rotatable bonds is 9. The molecule has 0 radical (unpaired) electrons. The topological polar surface area (TPSA) is 95.1 Å². The predicted octanol–water partition coefficient (Wildman–Crippen LogP) is 1.52. The quantitative estimate of drug-likeness (QED) is 0.513. The van der Waals surface area contributed by atoms with E-state index in [1.165, 1.54) is 25.3 Å². The number of likely N-dealkylation sites (N-methyl/N-ethyl adjacent to an activating group) is 1. The van der Waals surface area contributed by atoms with Crippen LogP contribution >= 0.6 is 0 Å². The Morgan fingerprint density at radius 2 is 1.96 bits per heavy atom. The lowest BCUT2D eigenvalue weighted by atomic mass is 10.2. The summed E-state index contributed by atoms with van der Waals surface area (Å²) in [4.78, 5) is 23.9. The van der Waals surface area contributed by atoms with E-state index in [-0.39, 0.29) is 23.3 Å². The Labute approximate surface area is 157 Å². The van der Waals surface area contributed by atoms with Gasteiger partial charge in [0.25, 0.3) is 11.6 Å². The van der Waals surface area contributed by atoms with Crippen LogP contribution in [0.5, 0.6) is 11.5 Å². The number of anilines is 1. The van der Waals surface area contributed by atoms with Gasteiger partial charge in [-0.05, 0) is 25.1 Å². The Morgan fingerprint density at radius 3 is 2.59 bits per heavy atom. The molecule has 2 N–H and O–H groups in total. The van der Waals surface area contributed by atoms with Gasteiger partial charge >= 0.3 is 0 Å². The zero-order valence-corrected chi connectivity index (χ0v) is 15.6. The van der Waals surface area contributed by atoms with E-state index in [4.69, 9.17) is 9.47 Å². The normalized spacial score (nSPS) is 12.7. The van der Waals surface area contributed by atoms with Crippen LogP contribution < -0.4 is 19.7 Å². The Bertz CT molecular complexity index is 782. The van der Waals surface area contributed by atoms with Crippen LogP contribution in [0.1, 0.15) is 6.92 Å². The molecule has 0 saturated heterocycles. The summed E-state index contributed by atoms with van der Waals surface area (Å²) in [5, 5.41) is 13.7. The fourth-order valence-corrected chi connectivity index (χ4v) is 2.44. The van der Waals surface area contributed by atoms with E-state index >= 15 is 0 Å². The van der Waals surface area contributed by atoms with Crippen molar-refractivity contribution in [2.45, 2.75) is 13.0 Å². The molecule has 27 heavy (non-hydrogen) atoms. The second-order valence-electron chi connectivity index (χ2n) is 6.11. The molecular formula is C19H24N3O5+. The van der Waals surface area contributed by atoms with Crippen LogP contribution in [0, 0.1) is 10.1 Å². The average Bonchev–Trinajstić information content (AvgIpc) is 2.67. The van der Waals surface area contributed by atoms with Crippen molar-refractivity contribution in [3.05, 3.63) is 58.6 Å². The van der Waals surface area contributed by atoms with Gasteiger partial charge in [-0.2, -0.15) is 0 Å². The van der Waals surface area contributed by atoms with Crippen LogP contribution in [0.15, 0.2) is 48.5 Å². The zero-order chi connectivity index (χ0) is 19.8. The SMILES string of the molecule is COc1ccc([N+](=O)[O-])cc1NC(=O)[C@@H](C)[NH+](C)CCOc1ccccc1. The molecule has 8 nitrogen and oxygen atoms in total. The minimum absolute atomic E-state index is 0.115. The van der Waals surface area contributed by atoms with E-state index in [2.05, 4.69) is 5.32 Å². The molecule has 2 atom stereocenters. The van der Waals surface area contributed by atoms with Gasteiger partial charge in [0.2, 0.25) is 0 Å². The maximum absolute atomic E-state index is 12.5. The second kappa shape index (κ2) is 9.54. The first kappa shape index (κ1) is 20.2. The number of amides is 1. The van der Waals surface area contributed by atoms with Crippen molar-refractivity contribution in [1.29, 1.82) is 0 Å². The highest BCUT2D eigenvalue weighted by atomic mass is 16.6. The highest BCUT2D eigenvalue weighted by Crippen LogP contribution is 2.28. The molecule has 0 aromatic heterocycles. The molecule has 0 saturated carbocycles. The van der Waals surface area contributed by atoms with E-state index in [9.17, 15) is 14.9 Å². The number of methoxy groups -OCH3 is 1. The maximum Gasteiger partial charge on any atom is 0.282 e. The number of carbonyl (C=O) groups is 1. The summed E-state index contributed by atoms with van der Waals surface area (Å²) in [6.45, 7) is 2.88. The molecule has 0 aliphatic carbocycles. The fourth-order valence-electron chi connectivity index (χ4n) is 2.44. The largest absolute Gasteiger partial charge is 0.495 e. The van der Waals surface area contributed by atoms with Crippen molar-refractivity contribution in [3.63, 3.8) is 0 Å². The van der Waals surface area contributed by atoms with E-state index in [1.807, 2.05) is 37.4 Å². The summed E-state index contributed by atoms with van der Waals surface area (Å²) >= 11 is 0. The number of quaternary nitrogens is 1. The Balaban J connectivity index is 1.94. The third-order valence-corrected chi connectivity index (χ3v) is 4.29. The Kier molecular flexibility index (Phi) is 7.13. The van der Waals surface area contributed by atoms with E-state index in [0.29, 0.717) is 18.9 Å². The number of hydrogen-bond acceptors (Lipinski definition) is 5. The Morgan fingerprint density at radius 1 is 1.26 bits per heavy atom. The molecule has 0 fully saturated rings. The van der Waals surface area contributed by atoms with Gasteiger partial charge in [-0.15, -0.1) is 0 Å². The van der Waals surface area contributed by atoms with Gasteiger partial charge in [0.15, 0.2) is 6.04 Å². The molecule has 144 valence electrons. The van der Waals surface area contributed by atoms with Crippen LogP contribution in [0.25, 0.3) is 0 Å². The van der Waals surface area contributed by atoms with Crippen molar-refractivity contribution in [2.75, 3.05) is 32.6 Å². The number of ether oxygens (including phenoxy) is 2. The summed E-state index contributed by atoms with van der Waals surface area (Å²) in [7, 11) is 3.34. The highest BCUT2D eigenvalue weighted by Gasteiger charge is 2.23. The third-order valence-electron chi connectivity index (χ3n) is 4.29. The summed E-state index contributed by atoms with van der Waals surface area (Å²) < 4.78 is 10.8. The van der Waals surface area contributed by atoms with E-state index in [0.717, 1.165) is 10.6 Å². The molecule has 1 amide bonds. The fraction of sp³-hybridized carbons (Fsp3) is 0.316. The van der Waals surface area contributed by atoms with Crippen LogP contribution in [0.2, 0.25) is 0 Å². The lowest BCUT2D eigenvalue weighted by Crippen LogP contribution is -3.14. The summed E-state index contributed by atoms with van der Waals surface area (Å²) in [6, 6.07) is 13.2. The van der Waals surface area contributed by atoms with Gasteiger partial charge in [0, 0.05) is 12.1 Å². The lowest BCUT2D eigenvalue weighted by molar-refractivity contribution is -0.894. The standard InChI is InChI=1S/C19H23N3O5/c1-14(21(2)11-12-27-16-7-5-4-6-8-16)19(23)20-17-13-15(22(24)25)9-10-18(17)26-3/h4-10,13-14H,11-12H2,1-3H3,(H,20,23)/p+1/t14-/m1/s1. The van der Waals surface area contributed by atoms with Gasteiger partial charge in [-0.1, -0.05) is 18.2 Å². The number of benzene rings is 2. The highest BCUT2D eigenvalue weighted by molar-refractivity contribution is 5.95. The number of non-ortho nitro benzene ring substituents is 1. The van der Waals surface area contributed by atoms with Crippen molar-refractivity contribution >= 4 is 17.3 Å². The number of para-hydroxylation sites is 1. The third kappa shape index (κ3) is 5.68. The number of carbonyl (C=O) groups excluding carboxylic acids is 1. The van der Waals surface area contributed by atoms with Crippen LogP contribution in [-0.4, -0.2) is 44.2 Å². The summed E-state index contributed by atoms with van der Waals surface area (Å²) in [6.07, 6.45) is 0. The first-order chi connectivity index (χ1) is 12.9. The molecule has 0 aliphatic rings. The summed E-state index contributed by atoms with van der Waals surface area (Å²) in [5.74, 6) is 0.890. The molecule has 0 bridgehead atoms. The molecule has 2 aromatic carbocycles. The van der Waals surface area contributed by atoms with Crippen LogP contribution in [-0.2, 0) is 4.79 Å². The molecule has 0 heterocycles. The van der Waals surface area contributed by atoms with Crippen molar-refractivity contribution in [2.24, 2.45) is 0 Å². The van der Waals surface area contributed by atoms with Crippen molar-refractivity contribution < 1.29 is 24.1 Å². The van der Waals surface area contributed by atoms with Crippen LogP contribution in [0.4, 0.5) is 11.4 Å². The number of nitrogens with zero attached hydrogens (tertiary/aromatic N) is 1. The Hall–Kier alpha value is -3.13. The molecule has 0 spiro atoms. The maximum atomic E-state index is 12.5.